The Bertz CT molecular complexity index is 566. The van der Waals surface area contributed by atoms with Crippen LogP contribution < -0.4 is 5.32 Å². The van der Waals surface area contributed by atoms with Crippen LogP contribution in [0.2, 0.25) is 0 Å². The Morgan fingerprint density at radius 3 is 2.55 bits per heavy atom. The zero-order chi connectivity index (χ0) is 14.5. The standard InChI is InChI=1S/C17H19BrFN/c1-12-3-8-17(19)15(9-12)11-20-13(2)10-14-4-6-16(18)7-5-14/h3-9,13,20H,10-11H2,1-2H3. The largest absolute Gasteiger partial charge is 0.310 e. The molecule has 2 aromatic carbocycles. The van der Waals surface area contributed by atoms with Gasteiger partial charge < -0.3 is 5.32 Å². The van der Waals surface area contributed by atoms with Crippen molar-refractivity contribution in [2.45, 2.75) is 32.9 Å². The van der Waals surface area contributed by atoms with Crippen LogP contribution in [0.15, 0.2) is 46.9 Å². The second kappa shape index (κ2) is 7.00. The van der Waals surface area contributed by atoms with Crippen molar-refractivity contribution in [3.63, 3.8) is 0 Å². The van der Waals surface area contributed by atoms with Crippen molar-refractivity contribution in [2.24, 2.45) is 0 Å². The Balaban J connectivity index is 1.90. The molecule has 0 saturated heterocycles. The van der Waals surface area contributed by atoms with Crippen LogP contribution in [0.4, 0.5) is 4.39 Å². The van der Waals surface area contributed by atoms with E-state index in [0.717, 1.165) is 22.0 Å². The van der Waals surface area contributed by atoms with Gasteiger partial charge in [-0.3, -0.25) is 0 Å². The molecular weight excluding hydrogens is 317 g/mol. The zero-order valence-electron chi connectivity index (χ0n) is 11.8. The van der Waals surface area contributed by atoms with Gasteiger partial charge in [0.15, 0.2) is 0 Å². The smallest absolute Gasteiger partial charge is 0.127 e. The van der Waals surface area contributed by atoms with Crippen molar-refractivity contribution in [3.8, 4) is 0 Å². The number of hydrogen-bond donors (Lipinski definition) is 1. The zero-order valence-corrected chi connectivity index (χ0v) is 13.4. The first kappa shape index (κ1) is 15.2. The van der Waals surface area contributed by atoms with Gasteiger partial charge in [0.25, 0.3) is 0 Å². The van der Waals surface area contributed by atoms with E-state index in [0.29, 0.717) is 12.6 Å². The van der Waals surface area contributed by atoms with Gasteiger partial charge in [0, 0.05) is 22.6 Å². The SMILES string of the molecule is Cc1ccc(F)c(CNC(C)Cc2ccc(Br)cc2)c1. The molecule has 1 nitrogen and oxygen atoms in total. The molecule has 0 fully saturated rings. The van der Waals surface area contributed by atoms with Crippen LogP contribution in [0.1, 0.15) is 23.6 Å². The fraction of sp³-hybridized carbons (Fsp3) is 0.294. The van der Waals surface area contributed by atoms with Crippen LogP contribution >= 0.6 is 15.9 Å². The third kappa shape index (κ3) is 4.43. The Kier molecular flexibility index (Phi) is 5.32. The maximum atomic E-state index is 13.6. The van der Waals surface area contributed by atoms with Gasteiger partial charge in [0.2, 0.25) is 0 Å². The lowest BCUT2D eigenvalue weighted by molar-refractivity contribution is 0.525. The molecule has 0 spiro atoms. The number of aryl methyl sites for hydroxylation is 1. The Labute approximate surface area is 128 Å². The topological polar surface area (TPSA) is 12.0 Å². The van der Waals surface area contributed by atoms with Gasteiger partial charge in [-0.05, 0) is 44.0 Å². The van der Waals surface area contributed by atoms with E-state index in [9.17, 15) is 4.39 Å². The van der Waals surface area contributed by atoms with Gasteiger partial charge in [-0.15, -0.1) is 0 Å². The molecule has 3 heteroatoms. The molecule has 0 radical (unpaired) electrons. The highest BCUT2D eigenvalue weighted by molar-refractivity contribution is 9.10. The second-order valence-corrected chi connectivity index (χ2v) is 6.12. The van der Waals surface area contributed by atoms with Crippen molar-refractivity contribution >= 4 is 15.9 Å². The maximum Gasteiger partial charge on any atom is 0.127 e. The molecule has 0 aromatic heterocycles. The summed E-state index contributed by atoms with van der Waals surface area (Å²) in [5, 5.41) is 3.38. The summed E-state index contributed by atoms with van der Waals surface area (Å²) >= 11 is 3.43. The molecule has 0 aliphatic rings. The first-order valence-electron chi connectivity index (χ1n) is 6.77. The van der Waals surface area contributed by atoms with E-state index in [1.54, 1.807) is 6.07 Å². The van der Waals surface area contributed by atoms with Crippen molar-refractivity contribution < 1.29 is 4.39 Å². The summed E-state index contributed by atoms with van der Waals surface area (Å²) in [6.45, 7) is 4.66. The number of nitrogens with one attached hydrogen (secondary N) is 1. The number of benzene rings is 2. The minimum absolute atomic E-state index is 0.140. The maximum absolute atomic E-state index is 13.6. The van der Waals surface area contributed by atoms with Crippen LogP contribution in [-0.4, -0.2) is 6.04 Å². The molecule has 106 valence electrons. The molecule has 0 amide bonds. The lowest BCUT2D eigenvalue weighted by atomic mass is 10.1. The van der Waals surface area contributed by atoms with Gasteiger partial charge in [0.05, 0.1) is 0 Å². The molecule has 1 unspecified atom stereocenters. The highest BCUT2D eigenvalue weighted by Gasteiger charge is 2.06. The quantitative estimate of drug-likeness (QED) is 0.840. The summed E-state index contributed by atoms with van der Waals surface area (Å²) in [5.74, 6) is -0.140. The van der Waals surface area contributed by atoms with Crippen molar-refractivity contribution in [2.75, 3.05) is 0 Å². The number of halogens is 2. The summed E-state index contributed by atoms with van der Waals surface area (Å²) < 4.78 is 14.7. The molecule has 0 aliphatic carbocycles. The normalized spacial score (nSPS) is 12.4. The summed E-state index contributed by atoms with van der Waals surface area (Å²) in [5.41, 5.74) is 3.09. The van der Waals surface area contributed by atoms with E-state index in [-0.39, 0.29) is 5.82 Å². The Morgan fingerprint density at radius 2 is 1.85 bits per heavy atom. The van der Waals surface area contributed by atoms with Crippen LogP contribution in [0.5, 0.6) is 0 Å². The van der Waals surface area contributed by atoms with Gasteiger partial charge in [-0.1, -0.05) is 45.8 Å². The molecule has 0 aliphatic heterocycles. The summed E-state index contributed by atoms with van der Waals surface area (Å²) in [6.07, 6.45) is 0.931. The average Bonchev–Trinajstić information content (AvgIpc) is 2.42. The van der Waals surface area contributed by atoms with Gasteiger partial charge >= 0.3 is 0 Å². The molecular formula is C17H19BrFN. The van der Waals surface area contributed by atoms with E-state index < -0.39 is 0 Å². The van der Waals surface area contributed by atoms with E-state index in [4.69, 9.17) is 0 Å². The summed E-state index contributed by atoms with van der Waals surface area (Å²) in [6, 6.07) is 13.8. The molecule has 0 bridgehead atoms. The van der Waals surface area contributed by atoms with Gasteiger partial charge in [-0.25, -0.2) is 4.39 Å². The molecule has 2 rings (SSSR count). The molecule has 1 atom stereocenters. The van der Waals surface area contributed by atoms with Crippen LogP contribution in [0, 0.1) is 12.7 Å². The van der Waals surface area contributed by atoms with E-state index >= 15 is 0 Å². The molecule has 2 aromatic rings. The summed E-state index contributed by atoms with van der Waals surface area (Å²) in [7, 11) is 0. The predicted octanol–water partition coefficient (Wildman–Crippen LogP) is 4.62. The first-order valence-corrected chi connectivity index (χ1v) is 7.57. The van der Waals surface area contributed by atoms with Gasteiger partial charge in [0.1, 0.15) is 5.82 Å². The minimum Gasteiger partial charge on any atom is -0.310 e. The fourth-order valence-corrected chi connectivity index (χ4v) is 2.43. The fourth-order valence-electron chi connectivity index (χ4n) is 2.17. The van der Waals surface area contributed by atoms with E-state index in [1.165, 1.54) is 11.6 Å². The van der Waals surface area contributed by atoms with Crippen LogP contribution in [-0.2, 0) is 13.0 Å². The summed E-state index contributed by atoms with van der Waals surface area (Å²) in [4.78, 5) is 0. The van der Waals surface area contributed by atoms with Crippen molar-refractivity contribution in [1.82, 2.24) is 5.32 Å². The van der Waals surface area contributed by atoms with E-state index in [2.05, 4.69) is 40.3 Å². The Morgan fingerprint density at radius 1 is 1.15 bits per heavy atom. The van der Waals surface area contributed by atoms with Crippen molar-refractivity contribution in [3.05, 3.63) is 69.4 Å². The average molecular weight is 336 g/mol. The molecule has 1 N–H and O–H groups in total. The minimum atomic E-state index is -0.140. The Hall–Kier alpha value is -1.19. The number of rotatable bonds is 5. The molecule has 20 heavy (non-hydrogen) atoms. The first-order chi connectivity index (χ1) is 9.54. The highest BCUT2D eigenvalue weighted by atomic mass is 79.9. The lowest BCUT2D eigenvalue weighted by Crippen LogP contribution is -2.28. The third-order valence-corrected chi connectivity index (χ3v) is 3.83. The van der Waals surface area contributed by atoms with Crippen molar-refractivity contribution in [1.29, 1.82) is 0 Å². The number of hydrogen-bond acceptors (Lipinski definition) is 1. The van der Waals surface area contributed by atoms with E-state index in [1.807, 2.05) is 25.1 Å². The van der Waals surface area contributed by atoms with Crippen LogP contribution in [0.3, 0.4) is 0 Å². The van der Waals surface area contributed by atoms with Crippen LogP contribution in [0.25, 0.3) is 0 Å². The molecule has 0 heterocycles. The monoisotopic (exact) mass is 335 g/mol. The second-order valence-electron chi connectivity index (χ2n) is 5.21. The predicted molar refractivity (Wildman–Crippen MR) is 85.3 cm³/mol. The lowest BCUT2D eigenvalue weighted by Gasteiger charge is -2.14. The van der Waals surface area contributed by atoms with Gasteiger partial charge in [-0.2, -0.15) is 0 Å². The highest BCUT2D eigenvalue weighted by Crippen LogP contribution is 2.13. The molecule has 0 saturated carbocycles. The third-order valence-electron chi connectivity index (χ3n) is 3.30.